The monoisotopic (exact) mass is 286 g/mol. The minimum absolute atomic E-state index is 0.296. The molecule has 0 aromatic heterocycles. The summed E-state index contributed by atoms with van der Waals surface area (Å²) < 4.78 is 37.7. The SMILES string of the molecule is CC1NC(c2ccccc2)N(C(C)CC(F)(F)F)C1=O. The van der Waals surface area contributed by atoms with Gasteiger partial charge in [0.25, 0.3) is 0 Å². The number of benzene rings is 1. The Labute approximate surface area is 115 Å². The van der Waals surface area contributed by atoms with Crippen LogP contribution in [0.5, 0.6) is 0 Å². The molecule has 0 spiro atoms. The first-order chi connectivity index (χ1) is 9.29. The summed E-state index contributed by atoms with van der Waals surface area (Å²) in [5.74, 6) is -0.296. The molecule has 110 valence electrons. The summed E-state index contributed by atoms with van der Waals surface area (Å²) in [6, 6.07) is 7.66. The molecule has 1 aromatic rings. The van der Waals surface area contributed by atoms with Crippen molar-refractivity contribution in [3.63, 3.8) is 0 Å². The minimum atomic E-state index is -4.28. The molecule has 0 saturated carbocycles. The number of hydrogen-bond donors (Lipinski definition) is 1. The predicted octanol–water partition coefficient (Wildman–Crippen LogP) is 2.85. The molecule has 2 rings (SSSR count). The van der Waals surface area contributed by atoms with Crippen LogP contribution in [0.25, 0.3) is 0 Å². The van der Waals surface area contributed by atoms with Gasteiger partial charge in [-0.2, -0.15) is 13.2 Å². The summed E-state index contributed by atoms with van der Waals surface area (Å²) >= 11 is 0. The Morgan fingerprint density at radius 3 is 2.45 bits per heavy atom. The largest absolute Gasteiger partial charge is 0.391 e. The lowest BCUT2D eigenvalue weighted by molar-refractivity contribution is -0.153. The van der Waals surface area contributed by atoms with Crippen molar-refractivity contribution in [2.24, 2.45) is 0 Å². The second-order valence-corrected chi connectivity index (χ2v) is 5.12. The molecule has 3 unspecified atom stereocenters. The van der Waals surface area contributed by atoms with Gasteiger partial charge in [0.1, 0.15) is 6.17 Å². The highest BCUT2D eigenvalue weighted by Gasteiger charge is 2.43. The van der Waals surface area contributed by atoms with Crippen LogP contribution < -0.4 is 5.32 Å². The Hall–Kier alpha value is -1.56. The van der Waals surface area contributed by atoms with Crippen LogP contribution in [0, 0.1) is 0 Å². The average Bonchev–Trinajstić information content (AvgIpc) is 2.65. The van der Waals surface area contributed by atoms with Crippen molar-refractivity contribution in [2.45, 2.75) is 44.7 Å². The summed E-state index contributed by atoms with van der Waals surface area (Å²) in [7, 11) is 0. The molecule has 1 aromatic carbocycles. The molecule has 0 radical (unpaired) electrons. The summed E-state index contributed by atoms with van der Waals surface area (Å²) in [5.41, 5.74) is 0.791. The molecule has 1 aliphatic rings. The summed E-state index contributed by atoms with van der Waals surface area (Å²) in [6.07, 6.45) is -5.79. The van der Waals surface area contributed by atoms with E-state index < -0.39 is 30.8 Å². The van der Waals surface area contributed by atoms with Crippen LogP contribution >= 0.6 is 0 Å². The fraction of sp³-hybridized carbons (Fsp3) is 0.500. The maximum absolute atomic E-state index is 12.6. The van der Waals surface area contributed by atoms with Crippen molar-refractivity contribution >= 4 is 5.91 Å². The molecule has 20 heavy (non-hydrogen) atoms. The zero-order valence-electron chi connectivity index (χ0n) is 11.3. The predicted molar refractivity (Wildman–Crippen MR) is 68.8 cm³/mol. The standard InChI is InChI=1S/C14H17F3N2O/c1-9(8-14(15,16)17)19-12(18-10(2)13(19)20)11-6-4-3-5-7-11/h3-7,9-10,12,18H,8H2,1-2H3. The molecule has 6 heteroatoms. The van der Waals surface area contributed by atoms with Gasteiger partial charge in [0, 0.05) is 6.04 Å². The quantitative estimate of drug-likeness (QED) is 0.926. The van der Waals surface area contributed by atoms with E-state index in [0.29, 0.717) is 0 Å². The molecule has 1 saturated heterocycles. The smallest absolute Gasteiger partial charge is 0.319 e. The van der Waals surface area contributed by atoms with Crippen LogP contribution in [0.4, 0.5) is 13.2 Å². The van der Waals surface area contributed by atoms with Gasteiger partial charge in [0.05, 0.1) is 12.5 Å². The van der Waals surface area contributed by atoms with E-state index in [1.165, 1.54) is 11.8 Å². The second-order valence-electron chi connectivity index (χ2n) is 5.12. The van der Waals surface area contributed by atoms with E-state index in [2.05, 4.69) is 5.32 Å². The number of carbonyl (C=O) groups excluding carboxylic acids is 1. The van der Waals surface area contributed by atoms with Gasteiger partial charge in [-0.15, -0.1) is 0 Å². The highest BCUT2D eigenvalue weighted by molar-refractivity contribution is 5.84. The van der Waals surface area contributed by atoms with Crippen molar-refractivity contribution in [1.29, 1.82) is 0 Å². The number of nitrogens with one attached hydrogen (secondary N) is 1. The molecular formula is C14H17F3N2O. The highest BCUT2D eigenvalue weighted by Crippen LogP contribution is 2.32. The average molecular weight is 286 g/mol. The fourth-order valence-electron chi connectivity index (χ4n) is 2.54. The third kappa shape index (κ3) is 3.12. The Morgan fingerprint density at radius 1 is 1.30 bits per heavy atom. The minimum Gasteiger partial charge on any atom is -0.319 e. The third-order valence-electron chi connectivity index (χ3n) is 3.43. The van der Waals surface area contributed by atoms with Crippen molar-refractivity contribution in [1.82, 2.24) is 10.2 Å². The Bertz CT molecular complexity index is 475. The van der Waals surface area contributed by atoms with Gasteiger partial charge in [-0.3, -0.25) is 10.1 Å². The number of halogens is 3. The molecule has 1 aliphatic heterocycles. The van der Waals surface area contributed by atoms with Crippen LogP contribution in [0.1, 0.15) is 32.0 Å². The first kappa shape index (κ1) is 14.8. The van der Waals surface area contributed by atoms with Gasteiger partial charge < -0.3 is 4.90 Å². The lowest BCUT2D eigenvalue weighted by Gasteiger charge is -2.31. The molecule has 1 heterocycles. The van der Waals surface area contributed by atoms with Crippen LogP contribution in [0.15, 0.2) is 30.3 Å². The summed E-state index contributed by atoms with van der Waals surface area (Å²) in [4.78, 5) is 13.4. The van der Waals surface area contributed by atoms with E-state index in [1.54, 1.807) is 31.2 Å². The van der Waals surface area contributed by atoms with Gasteiger partial charge in [-0.05, 0) is 19.4 Å². The maximum Gasteiger partial charge on any atom is 0.391 e. The van der Waals surface area contributed by atoms with Gasteiger partial charge in [-0.25, -0.2) is 0 Å². The molecule has 0 bridgehead atoms. The lowest BCUT2D eigenvalue weighted by Crippen LogP contribution is -2.40. The number of hydrogen-bond acceptors (Lipinski definition) is 2. The van der Waals surface area contributed by atoms with Crippen LogP contribution in [-0.2, 0) is 4.79 Å². The van der Waals surface area contributed by atoms with E-state index in [0.717, 1.165) is 5.56 Å². The Balaban J connectivity index is 2.25. The van der Waals surface area contributed by atoms with E-state index >= 15 is 0 Å². The summed E-state index contributed by atoms with van der Waals surface area (Å²) in [5, 5.41) is 3.05. The van der Waals surface area contributed by atoms with E-state index in [4.69, 9.17) is 0 Å². The topological polar surface area (TPSA) is 32.3 Å². The number of nitrogens with zero attached hydrogens (tertiary/aromatic N) is 1. The van der Waals surface area contributed by atoms with Crippen LogP contribution in [0.2, 0.25) is 0 Å². The highest BCUT2D eigenvalue weighted by atomic mass is 19.4. The fourth-order valence-corrected chi connectivity index (χ4v) is 2.54. The van der Waals surface area contributed by atoms with E-state index in [1.807, 2.05) is 6.07 Å². The van der Waals surface area contributed by atoms with Crippen molar-refractivity contribution in [2.75, 3.05) is 0 Å². The lowest BCUT2D eigenvalue weighted by atomic mass is 10.1. The Kier molecular flexibility index (Phi) is 4.04. The molecule has 0 aliphatic carbocycles. The molecule has 1 N–H and O–H groups in total. The van der Waals surface area contributed by atoms with E-state index in [-0.39, 0.29) is 5.91 Å². The molecule has 1 fully saturated rings. The van der Waals surface area contributed by atoms with Gasteiger partial charge in [-0.1, -0.05) is 30.3 Å². The van der Waals surface area contributed by atoms with Crippen molar-refractivity contribution in [3.8, 4) is 0 Å². The number of carbonyl (C=O) groups is 1. The zero-order chi connectivity index (χ0) is 14.9. The molecule has 1 amide bonds. The third-order valence-corrected chi connectivity index (χ3v) is 3.43. The van der Waals surface area contributed by atoms with Gasteiger partial charge in [0.2, 0.25) is 5.91 Å². The molecular weight excluding hydrogens is 269 g/mol. The number of rotatable bonds is 3. The second kappa shape index (κ2) is 5.44. The Morgan fingerprint density at radius 2 is 1.90 bits per heavy atom. The van der Waals surface area contributed by atoms with Crippen molar-refractivity contribution in [3.05, 3.63) is 35.9 Å². The van der Waals surface area contributed by atoms with Crippen LogP contribution in [0.3, 0.4) is 0 Å². The zero-order valence-corrected chi connectivity index (χ0v) is 11.3. The first-order valence-corrected chi connectivity index (χ1v) is 6.49. The van der Waals surface area contributed by atoms with Gasteiger partial charge >= 0.3 is 6.18 Å². The summed E-state index contributed by atoms with van der Waals surface area (Å²) in [6.45, 7) is 3.10. The first-order valence-electron chi connectivity index (χ1n) is 6.49. The molecule has 3 nitrogen and oxygen atoms in total. The number of amides is 1. The van der Waals surface area contributed by atoms with Gasteiger partial charge in [0.15, 0.2) is 0 Å². The number of alkyl halides is 3. The van der Waals surface area contributed by atoms with Crippen molar-refractivity contribution < 1.29 is 18.0 Å². The van der Waals surface area contributed by atoms with E-state index in [9.17, 15) is 18.0 Å². The normalized spacial score (nSPS) is 25.1. The molecule has 3 atom stereocenters. The van der Waals surface area contributed by atoms with Crippen LogP contribution in [-0.4, -0.2) is 29.1 Å². The maximum atomic E-state index is 12.6.